The molecule has 2 aromatic carbocycles. The maximum absolute atomic E-state index is 2.59. The summed E-state index contributed by atoms with van der Waals surface area (Å²) in [7, 11) is 0. The van der Waals surface area contributed by atoms with Crippen molar-refractivity contribution in [3.63, 3.8) is 0 Å². The van der Waals surface area contributed by atoms with Gasteiger partial charge in [0.1, 0.15) is 0 Å². The second-order valence-electron chi connectivity index (χ2n) is 7.33. The molecule has 1 aromatic heterocycles. The van der Waals surface area contributed by atoms with Crippen LogP contribution in [0.5, 0.6) is 0 Å². The lowest BCUT2D eigenvalue weighted by Gasteiger charge is -2.29. The van der Waals surface area contributed by atoms with Gasteiger partial charge in [-0.05, 0) is 36.8 Å². The predicted molar refractivity (Wildman–Crippen MR) is 99.8 cm³/mol. The van der Waals surface area contributed by atoms with Crippen LogP contribution in [-0.4, -0.2) is 4.57 Å². The Balaban J connectivity index is 1.70. The summed E-state index contributed by atoms with van der Waals surface area (Å²) in [5, 5.41) is 2.81. The zero-order valence-corrected chi connectivity index (χ0v) is 14.2. The fourth-order valence-electron chi connectivity index (χ4n) is 4.70. The number of fused-ring (bicyclic) bond motifs is 3. The Labute approximate surface area is 139 Å². The van der Waals surface area contributed by atoms with Crippen LogP contribution in [-0.2, 0) is 6.54 Å². The van der Waals surface area contributed by atoms with Gasteiger partial charge in [0.2, 0.25) is 0 Å². The lowest BCUT2D eigenvalue weighted by molar-refractivity contribution is 0.235. The van der Waals surface area contributed by atoms with Crippen LogP contribution >= 0.6 is 0 Å². The third-order valence-electron chi connectivity index (χ3n) is 5.71. The van der Waals surface area contributed by atoms with E-state index in [1.165, 1.54) is 66.9 Å². The third kappa shape index (κ3) is 2.78. The summed E-state index contributed by atoms with van der Waals surface area (Å²) in [5.41, 5.74) is 2.82. The maximum Gasteiger partial charge on any atom is 0.0491 e. The van der Waals surface area contributed by atoms with Gasteiger partial charge in [-0.15, -0.1) is 0 Å². The van der Waals surface area contributed by atoms with Gasteiger partial charge in [-0.2, -0.15) is 0 Å². The highest BCUT2D eigenvalue weighted by atomic mass is 15.0. The number of para-hydroxylation sites is 2. The molecule has 0 saturated heterocycles. The predicted octanol–water partition coefficient (Wildman–Crippen LogP) is 6.40. The van der Waals surface area contributed by atoms with Gasteiger partial charge in [-0.3, -0.25) is 0 Å². The molecule has 2 atom stereocenters. The molecule has 0 aliphatic heterocycles. The van der Waals surface area contributed by atoms with E-state index in [2.05, 4.69) is 60.0 Å². The first-order chi connectivity index (χ1) is 11.4. The van der Waals surface area contributed by atoms with Gasteiger partial charge >= 0.3 is 0 Å². The minimum atomic E-state index is 0.847. The van der Waals surface area contributed by atoms with Crippen LogP contribution in [0, 0.1) is 11.8 Å². The van der Waals surface area contributed by atoms with E-state index in [1.807, 2.05) is 0 Å². The molecule has 1 aliphatic rings. The first-order valence-electron chi connectivity index (χ1n) is 9.32. The van der Waals surface area contributed by atoms with Crippen LogP contribution in [0.3, 0.4) is 0 Å². The smallest absolute Gasteiger partial charge is 0.0491 e. The van der Waals surface area contributed by atoms with Crippen molar-refractivity contribution < 1.29 is 0 Å². The topological polar surface area (TPSA) is 4.93 Å². The highest BCUT2D eigenvalue weighted by Gasteiger charge is 2.23. The SMILES string of the molecule is CCCC1CCCC(Cn2c3ccccc3c3ccccc32)C1. The minimum absolute atomic E-state index is 0.847. The molecule has 1 nitrogen and oxygen atoms in total. The van der Waals surface area contributed by atoms with Crippen LogP contribution in [0.1, 0.15) is 45.4 Å². The van der Waals surface area contributed by atoms with E-state index in [0.717, 1.165) is 11.8 Å². The van der Waals surface area contributed by atoms with Crippen LogP contribution in [0.4, 0.5) is 0 Å². The van der Waals surface area contributed by atoms with E-state index in [-0.39, 0.29) is 0 Å². The molecule has 1 saturated carbocycles. The Kier molecular flexibility index (Phi) is 4.11. The van der Waals surface area contributed by atoms with Crippen molar-refractivity contribution in [3.05, 3.63) is 48.5 Å². The minimum Gasteiger partial charge on any atom is -0.340 e. The highest BCUT2D eigenvalue weighted by molar-refractivity contribution is 6.07. The summed E-state index contributed by atoms with van der Waals surface area (Å²) >= 11 is 0. The molecule has 1 aliphatic carbocycles. The normalized spacial score (nSPS) is 22.0. The van der Waals surface area contributed by atoms with E-state index >= 15 is 0 Å². The van der Waals surface area contributed by atoms with Crippen molar-refractivity contribution in [2.24, 2.45) is 11.8 Å². The molecule has 4 rings (SSSR count). The first kappa shape index (κ1) is 14.8. The maximum atomic E-state index is 2.59. The molecule has 1 heterocycles. The zero-order valence-electron chi connectivity index (χ0n) is 14.2. The van der Waals surface area contributed by atoms with Crippen LogP contribution in [0.15, 0.2) is 48.5 Å². The van der Waals surface area contributed by atoms with Gasteiger partial charge in [-0.25, -0.2) is 0 Å². The second kappa shape index (κ2) is 6.39. The summed E-state index contributed by atoms with van der Waals surface area (Å²) in [6, 6.07) is 17.8. The number of hydrogen-bond donors (Lipinski definition) is 0. The molecule has 23 heavy (non-hydrogen) atoms. The van der Waals surface area contributed by atoms with E-state index < -0.39 is 0 Å². The van der Waals surface area contributed by atoms with E-state index in [1.54, 1.807) is 0 Å². The monoisotopic (exact) mass is 305 g/mol. The molecule has 0 radical (unpaired) electrons. The lowest BCUT2D eigenvalue weighted by atomic mass is 9.79. The van der Waals surface area contributed by atoms with Gasteiger partial charge in [0.15, 0.2) is 0 Å². The molecule has 1 heteroatoms. The largest absolute Gasteiger partial charge is 0.340 e. The van der Waals surface area contributed by atoms with E-state index in [9.17, 15) is 0 Å². The Morgan fingerprint density at radius 2 is 1.48 bits per heavy atom. The summed E-state index contributed by atoms with van der Waals surface area (Å²) in [5.74, 6) is 1.81. The van der Waals surface area contributed by atoms with Crippen molar-refractivity contribution in [2.75, 3.05) is 0 Å². The summed E-state index contributed by atoms with van der Waals surface area (Å²) in [6.45, 7) is 3.52. The lowest BCUT2D eigenvalue weighted by Crippen LogP contribution is -2.20. The number of rotatable bonds is 4. The zero-order chi connectivity index (χ0) is 15.6. The number of benzene rings is 2. The van der Waals surface area contributed by atoms with Crippen molar-refractivity contribution in [1.82, 2.24) is 4.57 Å². The fourth-order valence-corrected chi connectivity index (χ4v) is 4.70. The van der Waals surface area contributed by atoms with Gasteiger partial charge in [0, 0.05) is 28.4 Å². The van der Waals surface area contributed by atoms with Crippen molar-refractivity contribution in [3.8, 4) is 0 Å². The average molecular weight is 305 g/mol. The van der Waals surface area contributed by atoms with Gasteiger partial charge in [-0.1, -0.05) is 69.0 Å². The Hall–Kier alpha value is -1.76. The molecular formula is C22H27N. The molecule has 0 N–H and O–H groups in total. The van der Waals surface area contributed by atoms with E-state index in [4.69, 9.17) is 0 Å². The van der Waals surface area contributed by atoms with Crippen LogP contribution < -0.4 is 0 Å². The van der Waals surface area contributed by atoms with Crippen LogP contribution in [0.2, 0.25) is 0 Å². The van der Waals surface area contributed by atoms with Crippen molar-refractivity contribution in [1.29, 1.82) is 0 Å². The first-order valence-corrected chi connectivity index (χ1v) is 9.32. The average Bonchev–Trinajstić information content (AvgIpc) is 2.90. The van der Waals surface area contributed by atoms with Gasteiger partial charge in [0.05, 0.1) is 0 Å². The summed E-state index contributed by atoms with van der Waals surface area (Å²) < 4.78 is 2.59. The van der Waals surface area contributed by atoms with Gasteiger partial charge in [0.25, 0.3) is 0 Å². The van der Waals surface area contributed by atoms with Crippen molar-refractivity contribution in [2.45, 2.75) is 52.0 Å². The molecule has 0 spiro atoms. The molecule has 120 valence electrons. The standard InChI is InChI=1S/C22H27N/c1-2-8-17-9-7-10-18(15-17)16-23-21-13-5-3-11-19(21)20-12-4-6-14-22(20)23/h3-6,11-14,17-18H,2,7-10,15-16H2,1H3. The third-order valence-corrected chi connectivity index (χ3v) is 5.71. The molecule has 3 aromatic rings. The molecule has 1 fully saturated rings. The Morgan fingerprint density at radius 1 is 0.870 bits per heavy atom. The van der Waals surface area contributed by atoms with Crippen molar-refractivity contribution >= 4 is 21.8 Å². The van der Waals surface area contributed by atoms with Gasteiger partial charge < -0.3 is 4.57 Å². The summed E-state index contributed by atoms with van der Waals surface area (Å²) in [6.07, 6.45) is 8.47. The fraction of sp³-hybridized carbons (Fsp3) is 0.455. The molecule has 2 unspecified atom stereocenters. The molecule has 0 amide bonds. The molecular weight excluding hydrogens is 278 g/mol. The highest BCUT2D eigenvalue weighted by Crippen LogP contribution is 2.35. The van der Waals surface area contributed by atoms with Crippen LogP contribution in [0.25, 0.3) is 21.8 Å². The number of hydrogen-bond acceptors (Lipinski definition) is 0. The molecule has 0 bridgehead atoms. The number of aromatic nitrogens is 1. The number of nitrogens with zero attached hydrogens (tertiary/aromatic N) is 1. The Bertz CT molecular complexity index is 743. The quantitative estimate of drug-likeness (QED) is 0.525. The second-order valence-corrected chi connectivity index (χ2v) is 7.33. The summed E-state index contributed by atoms with van der Waals surface area (Å²) in [4.78, 5) is 0. The van der Waals surface area contributed by atoms with E-state index in [0.29, 0.717) is 0 Å². The Morgan fingerprint density at radius 3 is 2.13 bits per heavy atom.